The molecule has 0 aromatic carbocycles. The molecule has 3 fully saturated rings. The maximum absolute atomic E-state index is 11.3. The summed E-state index contributed by atoms with van der Waals surface area (Å²) >= 11 is 0. The van der Waals surface area contributed by atoms with Crippen molar-refractivity contribution in [3.05, 3.63) is 0 Å². The SMILES string of the molecule is O=C1C[C@H]2CC[C@H](C1)N2C1CC1. The minimum absolute atomic E-state index is 0.513. The molecule has 0 N–H and O–H groups in total. The lowest BCUT2D eigenvalue weighted by Crippen LogP contribution is -2.44. The van der Waals surface area contributed by atoms with Gasteiger partial charge in [-0.25, -0.2) is 0 Å². The molecule has 2 heterocycles. The van der Waals surface area contributed by atoms with Gasteiger partial charge in [0.05, 0.1) is 0 Å². The number of hydrogen-bond acceptors (Lipinski definition) is 2. The summed E-state index contributed by atoms with van der Waals surface area (Å²) in [4.78, 5) is 13.9. The predicted molar refractivity (Wildman–Crippen MR) is 45.9 cm³/mol. The molecule has 0 aromatic heterocycles. The van der Waals surface area contributed by atoms with Gasteiger partial charge in [-0.3, -0.25) is 9.69 Å². The highest BCUT2D eigenvalue weighted by molar-refractivity contribution is 5.81. The fourth-order valence-electron chi connectivity index (χ4n) is 2.97. The number of fused-ring (bicyclic) bond motifs is 2. The van der Waals surface area contributed by atoms with Crippen LogP contribution in [0.4, 0.5) is 0 Å². The summed E-state index contributed by atoms with van der Waals surface area (Å²) in [5, 5.41) is 0. The first-order valence-corrected chi connectivity index (χ1v) is 5.14. The highest BCUT2D eigenvalue weighted by atomic mass is 16.1. The Labute approximate surface area is 72.9 Å². The first kappa shape index (κ1) is 7.07. The summed E-state index contributed by atoms with van der Waals surface area (Å²) in [6.45, 7) is 0. The molecule has 3 aliphatic rings. The molecule has 0 amide bonds. The lowest BCUT2D eigenvalue weighted by molar-refractivity contribution is -0.123. The van der Waals surface area contributed by atoms with Gasteiger partial charge in [-0.15, -0.1) is 0 Å². The molecule has 0 radical (unpaired) electrons. The molecule has 2 aliphatic heterocycles. The van der Waals surface area contributed by atoms with Gasteiger partial charge in [-0.05, 0) is 25.7 Å². The van der Waals surface area contributed by atoms with Crippen LogP contribution in [0.2, 0.25) is 0 Å². The maximum atomic E-state index is 11.3. The van der Waals surface area contributed by atoms with E-state index in [1.807, 2.05) is 0 Å². The molecule has 3 rings (SSSR count). The van der Waals surface area contributed by atoms with Crippen LogP contribution in [0.15, 0.2) is 0 Å². The van der Waals surface area contributed by atoms with Gasteiger partial charge in [0.25, 0.3) is 0 Å². The highest BCUT2D eigenvalue weighted by Crippen LogP contribution is 2.42. The Morgan fingerprint density at radius 1 is 0.917 bits per heavy atom. The molecular weight excluding hydrogens is 150 g/mol. The van der Waals surface area contributed by atoms with Gasteiger partial charge < -0.3 is 0 Å². The fourth-order valence-corrected chi connectivity index (χ4v) is 2.97. The van der Waals surface area contributed by atoms with E-state index in [0.717, 1.165) is 18.9 Å². The van der Waals surface area contributed by atoms with E-state index in [-0.39, 0.29) is 0 Å². The Morgan fingerprint density at radius 2 is 1.42 bits per heavy atom. The van der Waals surface area contributed by atoms with E-state index >= 15 is 0 Å². The molecule has 1 saturated carbocycles. The molecule has 66 valence electrons. The zero-order chi connectivity index (χ0) is 8.13. The molecule has 0 aromatic rings. The standard InChI is InChI=1S/C10H15NO/c12-10-5-8-3-4-9(6-10)11(8)7-1-2-7/h7-9H,1-6H2/t8-,9-/m1/s1. The number of carbonyl (C=O) groups excluding carboxylic acids is 1. The van der Waals surface area contributed by atoms with Gasteiger partial charge in [0.1, 0.15) is 5.78 Å². The van der Waals surface area contributed by atoms with Crippen molar-refractivity contribution in [2.75, 3.05) is 0 Å². The average molecular weight is 165 g/mol. The van der Waals surface area contributed by atoms with Gasteiger partial charge in [0.15, 0.2) is 0 Å². The Kier molecular flexibility index (Phi) is 1.37. The molecule has 12 heavy (non-hydrogen) atoms. The molecular formula is C10H15NO. The van der Waals surface area contributed by atoms with Crippen LogP contribution >= 0.6 is 0 Å². The minimum atomic E-state index is 0.513. The molecule has 0 unspecified atom stereocenters. The number of piperidine rings is 1. The monoisotopic (exact) mass is 165 g/mol. The van der Waals surface area contributed by atoms with Gasteiger partial charge in [0.2, 0.25) is 0 Å². The zero-order valence-corrected chi connectivity index (χ0v) is 7.33. The van der Waals surface area contributed by atoms with Crippen LogP contribution < -0.4 is 0 Å². The first-order chi connectivity index (χ1) is 5.84. The zero-order valence-electron chi connectivity index (χ0n) is 7.33. The van der Waals surface area contributed by atoms with Crippen molar-refractivity contribution in [1.82, 2.24) is 4.90 Å². The van der Waals surface area contributed by atoms with E-state index in [1.165, 1.54) is 25.7 Å². The topological polar surface area (TPSA) is 20.3 Å². The Morgan fingerprint density at radius 3 is 1.92 bits per heavy atom. The van der Waals surface area contributed by atoms with E-state index in [0.29, 0.717) is 17.9 Å². The van der Waals surface area contributed by atoms with E-state index in [9.17, 15) is 4.79 Å². The van der Waals surface area contributed by atoms with Crippen LogP contribution in [-0.2, 0) is 4.79 Å². The summed E-state index contributed by atoms with van der Waals surface area (Å²) in [6, 6.07) is 2.16. The number of ketones is 1. The van der Waals surface area contributed by atoms with E-state index in [2.05, 4.69) is 4.90 Å². The number of carbonyl (C=O) groups is 1. The van der Waals surface area contributed by atoms with Gasteiger partial charge >= 0.3 is 0 Å². The predicted octanol–water partition coefficient (Wildman–Crippen LogP) is 1.34. The number of nitrogens with zero attached hydrogens (tertiary/aromatic N) is 1. The quantitative estimate of drug-likeness (QED) is 0.584. The van der Waals surface area contributed by atoms with E-state index < -0.39 is 0 Å². The van der Waals surface area contributed by atoms with Crippen molar-refractivity contribution in [2.24, 2.45) is 0 Å². The number of Topliss-reactive ketones (excluding diaryl/α,β-unsaturated/α-hetero) is 1. The second kappa shape index (κ2) is 2.32. The second-order valence-electron chi connectivity index (χ2n) is 4.51. The smallest absolute Gasteiger partial charge is 0.136 e. The van der Waals surface area contributed by atoms with Crippen LogP contribution in [-0.4, -0.2) is 28.8 Å². The molecule has 2 nitrogen and oxygen atoms in total. The molecule has 2 bridgehead atoms. The van der Waals surface area contributed by atoms with Crippen LogP contribution in [0.1, 0.15) is 38.5 Å². The Bertz CT molecular complexity index is 206. The van der Waals surface area contributed by atoms with E-state index in [1.54, 1.807) is 0 Å². The lowest BCUT2D eigenvalue weighted by Gasteiger charge is -2.33. The van der Waals surface area contributed by atoms with Gasteiger partial charge in [0, 0.05) is 31.0 Å². The van der Waals surface area contributed by atoms with Crippen LogP contribution in [0.5, 0.6) is 0 Å². The highest BCUT2D eigenvalue weighted by Gasteiger charge is 2.46. The van der Waals surface area contributed by atoms with Crippen molar-refractivity contribution in [3.8, 4) is 0 Å². The van der Waals surface area contributed by atoms with E-state index in [4.69, 9.17) is 0 Å². The summed E-state index contributed by atoms with van der Waals surface area (Å²) in [5.41, 5.74) is 0. The molecule has 2 heteroatoms. The maximum Gasteiger partial charge on any atom is 0.136 e. The summed E-state index contributed by atoms with van der Waals surface area (Å²) < 4.78 is 0. The lowest BCUT2D eigenvalue weighted by atomic mass is 10.0. The number of rotatable bonds is 1. The molecule has 1 aliphatic carbocycles. The summed E-state index contributed by atoms with van der Waals surface area (Å²) in [5.74, 6) is 0.513. The fraction of sp³-hybridized carbons (Fsp3) is 0.900. The second-order valence-corrected chi connectivity index (χ2v) is 4.51. The molecule has 0 spiro atoms. The normalized spacial score (nSPS) is 42.2. The summed E-state index contributed by atoms with van der Waals surface area (Å²) in [6.07, 6.45) is 7.06. The van der Waals surface area contributed by atoms with Crippen molar-refractivity contribution in [2.45, 2.75) is 56.7 Å². The third-order valence-electron chi connectivity index (χ3n) is 3.57. The van der Waals surface area contributed by atoms with Crippen molar-refractivity contribution >= 4 is 5.78 Å². The van der Waals surface area contributed by atoms with Crippen molar-refractivity contribution < 1.29 is 4.79 Å². The largest absolute Gasteiger partial charge is 0.300 e. The molecule has 2 saturated heterocycles. The van der Waals surface area contributed by atoms with Crippen LogP contribution in [0.3, 0.4) is 0 Å². The first-order valence-electron chi connectivity index (χ1n) is 5.14. The Balaban J connectivity index is 1.83. The third-order valence-corrected chi connectivity index (χ3v) is 3.57. The van der Waals surface area contributed by atoms with Crippen molar-refractivity contribution in [1.29, 1.82) is 0 Å². The average Bonchev–Trinajstić information content (AvgIpc) is 2.80. The minimum Gasteiger partial charge on any atom is -0.300 e. The third kappa shape index (κ3) is 0.939. The Hall–Kier alpha value is -0.370. The molecule has 2 atom stereocenters. The van der Waals surface area contributed by atoms with Crippen LogP contribution in [0, 0.1) is 0 Å². The van der Waals surface area contributed by atoms with Crippen molar-refractivity contribution in [3.63, 3.8) is 0 Å². The van der Waals surface area contributed by atoms with Crippen LogP contribution in [0.25, 0.3) is 0 Å². The number of hydrogen-bond donors (Lipinski definition) is 0. The summed E-state index contributed by atoms with van der Waals surface area (Å²) in [7, 11) is 0. The van der Waals surface area contributed by atoms with Gasteiger partial charge in [-0.1, -0.05) is 0 Å². The van der Waals surface area contributed by atoms with Gasteiger partial charge in [-0.2, -0.15) is 0 Å².